The number of likely N-dealkylation sites (tertiary alicyclic amines) is 1. The summed E-state index contributed by atoms with van der Waals surface area (Å²) in [7, 11) is 0. The number of rotatable bonds is 6. The normalized spacial score (nSPS) is 19.0. The molecule has 3 nitrogen and oxygen atoms in total. The van der Waals surface area contributed by atoms with Gasteiger partial charge in [-0.2, -0.15) is 11.3 Å². The summed E-state index contributed by atoms with van der Waals surface area (Å²) in [4.78, 5) is 14.5. The van der Waals surface area contributed by atoms with E-state index in [2.05, 4.69) is 16.8 Å². The Labute approximate surface area is 141 Å². The van der Waals surface area contributed by atoms with Crippen LogP contribution in [0.15, 0.2) is 47.2 Å². The zero-order valence-electron chi connectivity index (χ0n) is 13.2. The van der Waals surface area contributed by atoms with Gasteiger partial charge in [0.05, 0.1) is 6.10 Å². The zero-order valence-corrected chi connectivity index (χ0v) is 14.0. The Morgan fingerprint density at radius 3 is 2.87 bits per heavy atom. The van der Waals surface area contributed by atoms with Crippen molar-refractivity contribution in [3.8, 4) is 0 Å². The van der Waals surface area contributed by atoms with E-state index in [0.717, 1.165) is 31.4 Å². The molecule has 122 valence electrons. The molecule has 1 aromatic heterocycles. The summed E-state index contributed by atoms with van der Waals surface area (Å²) in [6.07, 6.45) is 3.55. The molecule has 1 N–H and O–H groups in total. The molecule has 0 radical (unpaired) electrons. The lowest BCUT2D eigenvalue weighted by atomic mass is 10.0. The first-order valence-electron chi connectivity index (χ1n) is 8.27. The van der Waals surface area contributed by atoms with Crippen molar-refractivity contribution in [1.29, 1.82) is 0 Å². The second-order valence-corrected chi connectivity index (χ2v) is 6.96. The smallest absolute Gasteiger partial charge is 0.223 e. The van der Waals surface area contributed by atoms with E-state index in [1.165, 1.54) is 5.56 Å². The topological polar surface area (TPSA) is 40.5 Å². The van der Waals surface area contributed by atoms with E-state index in [4.69, 9.17) is 0 Å². The number of aliphatic hydroxyl groups is 1. The van der Waals surface area contributed by atoms with Crippen LogP contribution in [0, 0.1) is 0 Å². The highest BCUT2D eigenvalue weighted by atomic mass is 32.1. The maximum Gasteiger partial charge on any atom is 0.223 e. The SMILES string of the molecule is O=C(CCc1ccsc1)N1CCCC1CC(O)c1ccccc1. The number of hydrogen-bond acceptors (Lipinski definition) is 3. The van der Waals surface area contributed by atoms with Gasteiger partial charge in [-0.25, -0.2) is 0 Å². The van der Waals surface area contributed by atoms with Gasteiger partial charge in [0.25, 0.3) is 0 Å². The Bertz CT molecular complexity index is 612. The summed E-state index contributed by atoms with van der Waals surface area (Å²) in [5.74, 6) is 0.221. The van der Waals surface area contributed by atoms with Gasteiger partial charge >= 0.3 is 0 Å². The molecule has 4 heteroatoms. The van der Waals surface area contributed by atoms with Crippen molar-refractivity contribution in [3.63, 3.8) is 0 Å². The fourth-order valence-electron chi connectivity index (χ4n) is 3.31. The predicted octanol–water partition coefficient (Wildman–Crippen LogP) is 3.80. The van der Waals surface area contributed by atoms with Gasteiger partial charge in [-0.1, -0.05) is 30.3 Å². The summed E-state index contributed by atoms with van der Waals surface area (Å²) >= 11 is 1.67. The van der Waals surface area contributed by atoms with Crippen LogP contribution in [0.1, 0.15) is 42.9 Å². The van der Waals surface area contributed by atoms with E-state index < -0.39 is 6.10 Å². The van der Waals surface area contributed by atoms with Gasteiger partial charge in [0.1, 0.15) is 0 Å². The fraction of sp³-hybridized carbons (Fsp3) is 0.421. The van der Waals surface area contributed by atoms with Crippen molar-refractivity contribution in [2.45, 2.75) is 44.2 Å². The van der Waals surface area contributed by atoms with Gasteiger partial charge in [-0.3, -0.25) is 4.79 Å². The van der Waals surface area contributed by atoms with Gasteiger partial charge in [0.15, 0.2) is 0 Å². The first-order valence-corrected chi connectivity index (χ1v) is 9.22. The average molecular weight is 329 g/mol. The molecule has 1 aliphatic heterocycles. The molecule has 2 aromatic rings. The Morgan fingerprint density at radius 1 is 1.30 bits per heavy atom. The van der Waals surface area contributed by atoms with E-state index in [0.29, 0.717) is 12.8 Å². The van der Waals surface area contributed by atoms with Crippen molar-refractivity contribution < 1.29 is 9.90 Å². The van der Waals surface area contributed by atoms with Crippen LogP contribution in [0.25, 0.3) is 0 Å². The maximum atomic E-state index is 12.5. The third-order valence-electron chi connectivity index (χ3n) is 4.58. The summed E-state index contributed by atoms with van der Waals surface area (Å²) in [6.45, 7) is 0.828. The lowest BCUT2D eigenvalue weighted by molar-refractivity contribution is -0.132. The third-order valence-corrected chi connectivity index (χ3v) is 5.32. The molecule has 1 aliphatic rings. The Morgan fingerprint density at radius 2 is 2.13 bits per heavy atom. The van der Waals surface area contributed by atoms with E-state index in [1.807, 2.05) is 35.2 Å². The minimum atomic E-state index is -0.494. The van der Waals surface area contributed by atoms with Gasteiger partial charge in [0, 0.05) is 19.0 Å². The highest BCUT2D eigenvalue weighted by Crippen LogP contribution is 2.28. The number of carbonyl (C=O) groups is 1. The number of hydrogen-bond donors (Lipinski definition) is 1. The van der Waals surface area contributed by atoms with Crippen LogP contribution < -0.4 is 0 Å². The van der Waals surface area contributed by atoms with E-state index in [1.54, 1.807) is 11.3 Å². The largest absolute Gasteiger partial charge is 0.388 e. The van der Waals surface area contributed by atoms with Crippen molar-refractivity contribution in [2.24, 2.45) is 0 Å². The molecule has 3 rings (SSSR count). The maximum absolute atomic E-state index is 12.5. The standard InChI is InChI=1S/C19H23NO2S/c21-18(16-5-2-1-3-6-16)13-17-7-4-11-20(17)19(22)9-8-15-10-12-23-14-15/h1-3,5-6,10,12,14,17-18,21H,4,7-9,11,13H2. The molecule has 2 unspecified atom stereocenters. The van der Waals surface area contributed by atoms with Gasteiger partial charge in [0.2, 0.25) is 5.91 Å². The average Bonchev–Trinajstić information content (AvgIpc) is 3.25. The minimum Gasteiger partial charge on any atom is -0.388 e. The summed E-state index contributed by atoms with van der Waals surface area (Å²) < 4.78 is 0. The van der Waals surface area contributed by atoms with E-state index in [-0.39, 0.29) is 11.9 Å². The molecule has 1 fully saturated rings. The van der Waals surface area contributed by atoms with Crippen LogP contribution in [0.3, 0.4) is 0 Å². The number of carbonyl (C=O) groups excluding carboxylic acids is 1. The van der Waals surface area contributed by atoms with Gasteiger partial charge in [-0.15, -0.1) is 0 Å². The van der Waals surface area contributed by atoms with Crippen LogP contribution in [0.4, 0.5) is 0 Å². The molecule has 1 aromatic carbocycles. The lowest BCUT2D eigenvalue weighted by Crippen LogP contribution is -2.36. The first-order chi connectivity index (χ1) is 11.2. The van der Waals surface area contributed by atoms with Crippen LogP contribution in [-0.2, 0) is 11.2 Å². The number of aryl methyl sites for hydroxylation is 1. The molecule has 2 heterocycles. The molecular formula is C19H23NO2S. The zero-order chi connectivity index (χ0) is 16.1. The van der Waals surface area contributed by atoms with Gasteiger partial charge in [-0.05, 0) is 53.6 Å². The molecule has 1 saturated heterocycles. The molecule has 0 saturated carbocycles. The number of aliphatic hydroxyl groups excluding tert-OH is 1. The Kier molecular flexibility index (Phi) is 5.47. The first kappa shape index (κ1) is 16.2. The fourth-order valence-corrected chi connectivity index (χ4v) is 4.01. The second kappa shape index (κ2) is 7.75. The monoisotopic (exact) mass is 329 g/mol. The summed E-state index contributed by atoms with van der Waals surface area (Å²) in [6, 6.07) is 12.0. The quantitative estimate of drug-likeness (QED) is 0.876. The Balaban J connectivity index is 1.55. The predicted molar refractivity (Wildman–Crippen MR) is 93.4 cm³/mol. The third kappa shape index (κ3) is 4.21. The van der Waals surface area contributed by atoms with E-state index in [9.17, 15) is 9.90 Å². The number of amides is 1. The highest BCUT2D eigenvalue weighted by Gasteiger charge is 2.30. The summed E-state index contributed by atoms with van der Waals surface area (Å²) in [5, 5.41) is 14.6. The molecule has 23 heavy (non-hydrogen) atoms. The van der Waals surface area contributed by atoms with E-state index >= 15 is 0 Å². The summed E-state index contributed by atoms with van der Waals surface area (Å²) in [5.41, 5.74) is 2.17. The van der Waals surface area contributed by atoms with Crippen molar-refractivity contribution in [3.05, 3.63) is 58.3 Å². The van der Waals surface area contributed by atoms with Crippen LogP contribution in [-0.4, -0.2) is 28.5 Å². The van der Waals surface area contributed by atoms with Crippen molar-refractivity contribution in [2.75, 3.05) is 6.54 Å². The molecule has 0 bridgehead atoms. The lowest BCUT2D eigenvalue weighted by Gasteiger charge is -2.27. The molecule has 1 amide bonds. The van der Waals surface area contributed by atoms with Crippen molar-refractivity contribution >= 4 is 17.2 Å². The molecule has 0 aliphatic carbocycles. The second-order valence-electron chi connectivity index (χ2n) is 6.18. The minimum absolute atomic E-state index is 0.167. The highest BCUT2D eigenvalue weighted by molar-refractivity contribution is 7.07. The molecular weight excluding hydrogens is 306 g/mol. The van der Waals surface area contributed by atoms with Crippen molar-refractivity contribution in [1.82, 2.24) is 4.90 Å². The molecule has 0 spiro atoms. The van der Waals surface area contributed by atoms with Crippen LogP contribution in [0.2, 0.25) is 0 Å². The van der Waals surface area contributed by atoms with Crippen LogP contribution in [0.5, 0.6) is 0 Å². The number of nitrogens with zero attached hydrogens (tertiary/aromatic N) is 1. The molecule has 2 atom stereocenters. The number of benzene rings is 1. The van der Waals surface area contributed by atoms with Crippen LogP contribution >= 0.6 is 11.3 Å². The van der Waals surface area contributed by atoms with Gasteiger partial charge < -0.3 is 10.0 Å². The Hall–Kier alpha value is -1.65. The number of thiophene rings is 1.